The van der Waals surface area contributed by atoms with E-state index in [4.69, 9.17) is 11.6 Å². The minimum absolute atomic E-state index is 0.173. The number of rotatable bonds is 1. The maximum absolute atomic E-state index is 12.6. The van der Waals surface area contributed by atoms with Crippen LogP contribution in [0.15, 0.2) is 41.9 Å². The zero-order chi connectivity index (χ0) is 15.3. The molecule has 0 radical (unpaired) electrons. The summed E-state index contributed by atoms with van der Waals surface area (Å²) in [6, 6.07) is 7.33. The van der Waals surface area contributed by atoms with E-state index < -0.39 is 0 Å². The normalized spacial score (nSPS) is 23.8. The summed E-state index contributed by atoms with van der Waals surface area (Å²) in [4.78, 5) is 16.9. The number of carbonyl (C=O) groups is 1. The van der Waals surface area contributed by atoms with Crippen LogP contribution in [0.1, 0.15) is 31.4 Å². The molecule has 1 aromatic heterocycles. The number of nitrogens with zero attached hydrogens (tertiary/aromatic N) is 3. The van der Waals surface area contributed by atoms with Crippen molar-refractivity contribution in [1.29, 1.82) is 0 Å². The van der Waals surface area contributed by atoms with Crippen molar-refractivity contribution >= 4 is 23.3 Å². The molecule has 5 nitrogen and oxygen atoms in total. The fraction of sp³-hybridized carbons (Fsp3) is 0.312. The average Bonchev–Trinajstić information content (AvgIpc) is 2.92. The number of hydrogen-bond acceptors (Lipinski definition) is 4. The molecule has 0 saturated carbocycles. The first kappa shape index (κ1) is 13.5. The molecule has 1 aromatic carbocycles. The van der Waals surface area contributed by atoms with Gasteiger partial charge in [0.2, 0.25) is 5.95 Å². The van der Waals surface area contributed by atoms with Crippen LogP contribution in [0.3, 0.4) is 0 Å². The molecule has 1 N–H and O–H groups in total. The quantitative estimate of drug-likeness (QED) is 0.878. The molecule has 1 aliphatic heterocycles. The van der Waals surface area contributed by atoms with Gasteiger partial charge in [-0.3, -0.25) is 4.79 Å². The van der Waals surface area contributed by atoms with E-state index in [0.29, 0.717) is 23.3 Å². The van der Waals surface area contributed by atoms with Gasteiger partial charge in [-0.15, -0.1) is 0 Å². The number of nitrogens with one attached hydrogen (secondary N) is 1. The predicted molar refractivity (Wildman–Crippen MR) is 83.7 cm³/mol. The van der Waals surface area contributed by atoms with Crippen molar-refractivity contribution in [3.05, 3.63) is 52.4 Å². The minimum atomic E-state index is -0.257. The van der Waals surface area contributed by atoms with Crippen LogP contribution in [0.5, 0.6) is 0 Å². The standard InChI is InChI=1S/C16H15ClN4O/c1-9-5-12-14(13(22)6-9)15(10-3-2-4-11(17)7-10)21-16(20-12)18-8-19-21/h2-4,7-9,15H,5-6H2,1H3,(H,18,19,20). The van der Waals surface area contributed by atoms with E-state index in [9.17, 15) is 4.79 Å². The first-order valence-electron chi connectivity index (χ1n) is 7.31. The molecule has 0 amide bonds. The number of carbonyl (C=O) groups excluding carboxylic acids is 1. The van der Waals surface area contributed by atoms with E-state index in [1.165, 1.54) is 6.33 Å². The highest BCUT2D eigenvalue weighted by Gasteiger charge is 2.37. The Kier molecular flexibility index (Phi) is 3.04. The molecular weight excluding hydrogens is 300 g/mol. The smallest absolute Gasteiger partial charge is 0.226 e. The zero-order valence-corrected chi connectivity index (χ0v) is 12.8. The van der Waals surface area contributed by atoms with Gasteiger partial charge < -0.3 is 5.32 Å². The Morgan fingerprint density at radius 3 is 3.05 bits per heavy atom. The van der Waals surface area contributed by atoms with Gasteiger partial charge in [-0.2, -0.15) is 10.1 Å². The van der Waals surface area contributed by atoms with Gasteiger partial charge in [0.15, 0.2) is 5.78 Å². The summed E-state index contributed by atoms with van der Waals surface area (Å²) in [5.41, 5.74) is 2.71. The highest BCUT2D eigenvalue weighted by Crippen LogP contribution is 2.41. The first-order chi connectivity index (χ1) is 10.6. The topological polar surface area (TPSA) is 59.8 Å². The fourth-order valence-corrected chi connectivity index (χ4v) is 3.53. The summed E-state index contributed by atoms with van der Waals surface area (Å²) in [5.74, 6) is 1.19. The van der Waals surface area contributed by atoms with Crippen LogP contribution >= 0.6 is 11.6 Å². The maximum atomic E-state index is 12.6. The second-order valence-corrected chi connectivity index (χ2v) is 6.38. The first-order valence-corrected chi connectivity index (χ1v) is 7.69. The number of benzene rings is 1. The highest BCUT2D eigenvalue weighted by atomic mass is 35.5. The fourth-order valence-electron chi connectivity index (χ4n) is 3.33. The Labute approximate surface area is 133 Å². The molecule has 22 heavy (non-hydrogen) atoms. The number of aromatic nitrogens is 3. The molecule has 0 fully saturated rings. The Morgan fingerprint density at radius 1 is 1.36 bits per heavy atom. The molecule has 6 heteroatoms. The maximum Gasteiger partial charge on any atom is 0.226 e. The van der Waals surface area contributed by atoms with Crippen molar-refractivity contribution in [2.24, 2.45) is 5.92 Å². The van der Waals surface area contributed by atoms with Crippen molar-refractivity contribution in [3.8, 4) is 0 Å². The largest absolute Gasteiger partial charge is 0.328 e. The number of allylic oxidation sites excluding steroid dienone is 2. The van der Waals surface area contributed by atoms with Gasteiger partial charge in [0.1, 0.15) is 12.4 Å². The average molecular weight is 315 g/mol. The van der Waals surface area contributed by atoms with Crippen LogP contribution in [0.4, 0.5) is 5.95 Å². The van der Waals surface area contributed by atoms with Crippen LogP contribution < -0.4 is 5.32 Å². The lowest BCUT2D eigenvalue weighted by atomic mass is 9.81. The van der Waals surface area contributed by atoms with Gasteiger partial charge in [-0.25, -0.2) is 4.68 Å². The van der Waals surface area contributed by atoms with Gasteiger partial charge in [0.05, 0.1) is 0 Å². The van der Waals surface area contributed by atoms with Crippen molar-refractivity contribution in [3.63, 3.8) is 0 Å². The van der Waals surface area contributed by atoms with E-state index in [-0.39, 0.29) is 11.8 Å². The number of anilines is 1. The summed E-state index contributed by atoms with van der Waals surface area (Å²) < 4.78 is 1.76. The molecule has 0 spiro atoms. The van der Waals surface area contributed by atoms with Gasteiger partial charge in [0, 0.05) is 22.7 Å². The predicted octanol–water partition coefficient (Wildman–Crippen LogP) is 3.20. The van der Waals surface area contributed by atoms with Crippen LogP contribution in [-0.2, 0) is 4.79 Å². The Balaban J connectivity index is 1.92. The molecule has 2 unspecified atom stereocenters. The van der Waals surface area contributed by atoms with Gasteiger partial charge in [-0.1, -0.05) is 30.7 Å². The minimum Gasteiger partial charge on any atom is -0.328 e. The highest BCUT2D eigenvalue weighted by molar-refractivity contribution is 6.30. The van der Waals surface area contributed by atoms with Crippen molar-refractivity contribution in [2.45, 2.75) is 25.8 Å². The number of hydrogen-bond donors (Lipinski definition) is 1. The number of Topliss-reactive ketones (excluding diaryl/α,β-unsaturated/α-hetero) is 1. The lowest BCUT2D eigenvalue weighted by Gasteiger charge is -2.34. The Bertz CT molecular complexity index is 795. The van der Waals surface area contributed by atoms with Crippen molar-refractivity contribution in [1.82, 2.24) is 14.8 Å². The van der Waals surface area contributed by atoms with Gasteiger partial charge in [0.25, 0.3) is 0 Å². The molecular formula is C16H15ClN4O. The van der Waals surface area contributed by atoms with Crippen molar-refractivity contribution < 1.29 is 4.79 Å². The Hall–Kier alpha value is -2.14. The summed E-state index contributed by atoms with van der Waals surface area (Å²) in [6.45, 7) is 2.09. The number of halogens is 1. The second kappa shape index (κ2) is 4.95. The molecule has 0 saturated heterocycles. The zero-order valence-electron chi connectivity index (χ0n) is 12.1. The van der Waals surface area contributed by atoms with E-state index in [2.05, 4.69) is 22.3 Å². The molecule has 4 rings (SSSR count). The lowest BCUT2D eigenvalue weighted by molar-refractivity contribution is -0.117. The van der Waals surface area contributed by atoms with E-state index in [1.807, 2.05) is 24.3 Å². The SMILES string of the molecule is CC1CC(=O)C2=C(C1)Nc1ncnn1C2c1cccc(Cl)c1. The monoisotopic (exact) mass is 314 g/mol. The Morgan fingerprint density at radius 2 is 2.23 bits per heavy atom. The second-order valence-electron chi connectivity index (χ2n) is 5.94. The van der Waals surface area contributed by atoms with Crippen molar-refractivity contribution in [2.75, 3.05) is 5.32 Å². The molecule has 2 atom stereocenters. The van der Waals surface area contributed by atoms with E-state index in [0.717, 1.165) is 23.3 Å². The van der Waals surface area contributed by atoms with Gasteiger partial charge in [-0.05, 0) is 30.0 Å². The summed E-state index contributed by atoms with van der Waals surface area (Å²) in [6.07, 6.45) is 2.93. The lowest BCUT2D eigenvalue weighted by Crippen LogP contribution is -2.33. The third-order valence-electron chi connectivity index (χ3n) is 4.23. The third kappa shape index (κ3) is 2.04. The van der Waals surface area contributed by atoms with E-state index >= 15 is 0 Å². The summed E-state index contributed by atoms with van der Waals surface area (Å²) >= 11 is 6.14. The van der Waals surface area contributed by atoms with Crippen LogP contribution in [0.25, 0.3) is 0 Å². The molecule has 2 aromatic rings. The molecule has 2 heterocycles. The number of ketones is 1. The van der Waals surface area contributed by atoms with Crippen LogP contribution in [0, 0.1) is 5.92 Å². The molecule has 0 bridgehead atoms. The summed E-state index contributed by atoms with van der Waals surface area (Å²) in [5, 5.41) is 8.22. The molecule has 112 valence electrons. The summed E-state index contributed by atoms with van der Waals surface area (Å²) in [7, 11) is 0. The molecule has 2 aliphatic rings. The molecule has 1 aliphatic carbocycles. The van der Waals surface area contributed by atoms with Crippen LogP contribution in [0.2, 0.25) is 5.02 Å². The van der Waals surface area contributed by atoms with Crippen LogP contribution in [-0.4, -0.2) is 20.5 Å². The van der Waals surface area contributed by atoms with Gasteiger partial charge >= 0.3 is 0 Å². The third-order valence-corrected chi connectivity index (χ3v) is 4.47. The van der Waals surface area contributed by atoms with E-state index in [1.54, 1.807) is 4.68 Å². The number of fused-ring (bicyclic) bond motifs is 1.